The highest BCUT2D eigenvalue weighted by atomic mass is 16.5. The number of aliphatic hydroxyl groups is 2. The second-order valence-corrected chi connectivity index (χ2v) is 22.1. The molecule has 0 spiro atoms. The molecular formula is C65H125NO5. The molecule has 0 fully saturated rings. The number of aliphatic hydroxyl groups excluding tert-OH is 2. The fourth-order valence-electron chi connectivity index (χ4n) is 10.0. The van der Waals surface area contributed by atoms with Crippen LogP contribution in [0.2, 0.25) is 0 Å². The zero-order valence-electron chi connectivity index (χ0n) is 48.0. The lowest BCUT2D eigenvalue weighted by atomic mass is 10.0. The van der Waals surface area contributed by atoms with Gasteiger partial charge in [-0.1, -0.05) is 289 Å². The predicted octanol–water partition coefficient (Wildman–Crippen LogP) is 20.2. The van der Waals surface area contributed by atoms with Crippen molar-refractivity contribution in [1.82, 2.24) is 5.32 Å². The highest BCUT2D eigenvalue weighted by Gasteiger charge is 2.20. The maximum atomic E-state index is 12.5. The maximum absolute atomic E-state index is 12.5. The van der Waals surface area contributed by atoms with Crippen LogP contribution in [0.4, 0.5) is 0 Å². The molecule has 71 heavy (non-hydrogen) atoms. The largest absolute Gasteiger partial charge is 0.466 e. The van der Waals surface area contributed by atoms with E-state index in [-0.39, 0.29) is 18.5 Å². The Balaban J connectivity index is 3.44. The second kappa shape index (κ2) is 60.9. The predicted molar refractivity (Wildman–Crippen MR) is 310 cm³/mol. The van der Waals surface area contributed by atoms with Gasteiger partial charge < -0.3 is 20.3 Å². The fourth-order valence-corrected chi connectivity index (χ4v) is 10.0. The molecule has 2 atom stereocenters. The van der Waals surface area contributed by atoms with Gasteiger partial charge in [0.1, 0.15) is 0 Å². The van der Waals surface area contributed by atoms with Crippen molar-refractivity contribution in [2.75, 3.05) is 13.2 Å². The molecule has 0 aromatic carbocycles. The molecule has 6 heteroatoms. The van der Waals surface area contributed by atoms with Crippen molar-refractivity contribution in [2.45, 2.75) is 366 Å². The molecule has 1 amide bonds. The lowest BCUT2D eigenvalue weighted by molar-refractivity contribution is -0.143. The number of rotatable bonds is 60. The number of nitrogens with one attached hydrogen (secondary N) is 1. The molecule has 420 valence electrons. The van der Waals surface area contributed by atoms with E-state index in [0.717, 1.165) is 57.8 Å². The Morgan fingerprint density at radius 1 is 0.380 bits per heavy atom. The number of hydrogen-bond acceptors (Lipinski definition) is 5. The molecule has 0 aliphatic carbocycles. The van der Waals surface area contributed by atoms with E-state index in [2.05, 4.69) is 43.5 Å². The summed E-state index contributed by atoms with van der Waals surface area (Å²) in [5, 5.41) is 23.4. The molecule has 2 unspecified atom stereocenters. The van der Waals surface area contributed by atoms with Gasteiger partial charge in [0.2, 0.25) is 5.91 Å². The number of allylic oxidation sites excluding steroid dienone is 4. The minimum Gasteiger partial charge on any atom is -0.466 e. The smallest absolute Gasteiger partial charge is 0.305 e. The van der Waals surface area contributed by atoms with Crippen LogP contribution in [0.5, 0.6) is 0 Å². The van der Waals surface area contributed by atoms with Crippen LogP contribution in [0.25, 0.3) is 0 Å². The molecule has 0 heterocycles. The number of amides is 1. The SMILES string of the molecule is CCCCCCCC/C=C\CCCCCCCCCC(=O)OCCCCCCCC/C=C\CCCCCCCCCC(=O)NC(CO)C(O)CCCCCCCCCCCCCCCCCCCCCC. The molecule has 0 saturated carbocycles. The van der Waals surface area contributed by atoms with Crippen LogP contribution < -0.4 is 5.32 Å². The minimum atomic E-state index is -0.673. The van der Waals surface area contributed by atoms with Crippen molar-refractivity contribution in [2.24, 2.45) is 0 Å². The molecule has 0 aromatic rings. The van der Waals surface area contributed by atoms with Crippen LogP contribution in [0.1, 0.15) is 354 Å². The van der Waals surface area contributed by atoms with Gasteiger partial charge in [0.15, 0.2) is 0 Å². The average Bonchev–Trinajstić information content (AvgIpc) is 3.37. The minimum absolute atomic E-state index is 0.00433. The number of hydrogen-bond donors (Lipinski definition) is 3. The highest BCUT2D eigenvalue weighted by molar-refractivity contribution is 5.76. The summed E-state index contributed by atoms with van der Waals surface area (Å²) in [6, 6.07) is -0.551. The first-order valence-electron chi connectivity index (χ1n) is 32.1. The number of esters is 1. The quantitative estimate of drug-likeness (QED) is 0.0320. The van der Waals surface area contributed by atoms with Crippen molar-refractivity contribution in [3.05, 3.63) is 24.3 Å². The topological polar surface area (TPSA) is 95.9 Å². The van der Waals surface area contributed by atoms with Gasteiger partial charge in [-0.3, -0.25) is 9.59 Å². The molecule has 0 rings (SSSR count). The van der Waals surface area contributed by atoms with Crippen molar-refractivity contribution < 1.29 is 24.5 Å². The molecule has 0 bridgehead atoms. The molecule has 0 aliphatic rings. The second-order valence-electron chi connectivity index (χ2n) is 22.1. The molecule has 0 aliphatic heterocycles. The van der Waals surface area contributed by atoms with Crippen LogP contribution in [-0.2, 0) is 14.3 Å². The summed E-state index contributed by atoms with van der Waals surface area (Å²) in [6.45, 7) is 4.95. The van der Waals surface area contributed by atoms with Gasteiger partial charge in [0.05, 0.1) is 25.4 Å². The standard InChI is InChI=1S/C65H125NO5/c1-3-5-7-9-11-13-15-17-19-21-22-23-26-29-33-37-41-45-49-53-57-63(68)62(61-67)66-64(69)58-54-50-46-42-38-34-30-27-24-28-32-36-40-44-48-52-56-60-71-65(70)59-55-51-47-43-39-35-31-25-20-18-16-14-12-10-8-6-4-2/h18,20,24,28,62-63,67-68H,3-17,19,21-23,25-27,29-61H2,1-2H3,(H,66,69)/b20-18-,28-24-. The van der Waals surface area contributed by atoms with Crippen molar-refractivity contribution in [1.29, 1.82) is 0 Å². The highest BCUT2D eigenvalue weighted by Crippen LogP contribution is 2.18. The van der Waals surface area contributed by atoms with E-state index in [9.17, 15) is 19.8 Å². The van der Waals surface area contributed by atoms with Gasteiger partial charge in [0, 0.05) is 12.8 Å². The van der Waals surface area contributed by atoms with Gasteiger partial charge >= 0.3 is 5.97 Å². The fraction of sp³-hybridized carbons (Fsp3) is 0.908. The molecular weight excluding hydrogens is 875 g/mol. The van der Waals surface area contributed by atoms with Crippen LogP contribution in [0.3, 0.4) is 0 Å². The lowest BCUT2D eigenvalue weighted by Crippen LogP contribution is -2.45. The number of ether oxygens (including phenoxy) is 1. The van der Waals surface area contributed by atoms with E-state index < -0.39 is 12.1 Å². The Kier molecular flexibility index (Phi) is 59.5. The van der Waals surface area contributed by atoms with Gasteiger partial charge in [-0.25, -0.2) is 0 Å². The molecule has 6 nitrogen and oxygen atoms in total. The van der Waals surface area contributed by atoms with Crippen molar-refractivity contribution in [3.8, 4) is 0 Å². The Hall–Kier alpha value is -1.66. The Bertz CT molecular complexity index is 1110. The summed E-state index contributed by atoms with van der Waals surface area (Å²) < 4.78 is 5.48. The number of carbonyl (C=O) groups excluding carboxylic acids is 2. The summed E-state index contributed by atoms with van der Waals surface area (Å²) in [5.74, 6) is -0.0482. The van der Waals surface area contributed by atoms with E-state index in [1.807, 2.05) is 0 Å². The molecule has 3 N–H and O–H groups in total. The average molecular weight is 1000 g/mol. The third-order valence-corrected chi connectivity index (χ3v) is 15.0. The summed E-state index contributed by atoms with van der Waals surface area (Å²) in [5.41, 5.74) is 0. The van der Waals surface area contributed by atoms with Crippen molar-refractivity contribution in [3.63, 3.8) is 0 Å². The van der Waals surface area contributed by atoms with Gasteiger partial charge in [0.25, 0.3) is 0 Å². The van der Waals surface area contributed by atoms with E-state index in [4.69, 9.17) is 4.74 Å². The number of unbranched alkanes of at least 4 members (excludes halogenated alkanes) is 45. The van der Waals surface area contributed by atoms with Gasteiger partial charge in [-0.2, -0.15) is 0 Å². The Morgan fingerprint density at radius 2 is 0.662 bits per heavy atom. The zero-order chi connectivity index (χ0) is 51.4. The molecule has 0 aromatic heterocycles. The summed E-state index contributed by atoms with van der Waals surface area (Å²) in [7, 11) is 0. The first-order valence-corrected chi connectivity index (χ1v) is 32.1. The van der Waals surface area contributed by atoms with E-state index in [1.165, 1.54) is 263 Å². The maximum Gasteiger partial charge on any atom is 0.305 e. The number of carbonyl (C=O) groups is 2. The molecule has 0 radical (unpaired) electrons. The third-order valence-electron chi connectivity index (χ3n) is 15.0. The van der Waals surface area contributed by atoms with E-state index in [1.54, 1.807) is 0 Å². The molecule has 0 saturated heterocycles. The van der Waals surface area contributed by atoms with Crippen molar-refractivity contribution >= 4 is 11.9 Å². The lowest BCUT2D eigenvalue weighted by Gasteiger charge is -2.22. The van der Waals surface area contributed by atoms with Gasteiger partial charge in [-0.15, -0.1) is 0 Å². The summed E-state index contributed by atoms with van der Waals surface area (Å²) in [6.07, 6.45) is 74.7. The Labute approximate surface area is 443 Å². The third kappa shape index (κ3) is 57.5. The normalized spacial score (nSPS) is 12.7. The van der Waals surface area contributed by atoms with Gasteiger partial charge in [-0.05, 0) is 77.0 Å². The van der Waals surface area contributed by atoms with Crippen LogP contribution >= 0.6 is 0 Å². The van der Waals surface area contributed by atoms with E-state index in [0.29, 0.717) is 25.9 Å². The van der Waals surface area contributed by atoms with Crippen LogP contribution in [0.15, 0.2) is 24.3 Å². The van der Waals surface area contributed by atoms with E-state index >= 15 is 0 Å². The first kappa shape index (κ1) is 69.3. The summed E-state index contributed by atoms with van der Waals surface area (Å²) in [4.78, 5) is 24.6. The zero-order valence-corrected chi connectivity index (χ0v) is 48.0. The summed E-state index contributed by atoms with van der Waals surface area (Å²) >= 11 is 0. The van der Waals surface area contributed by atoms with Crippen LogP contribution in [0, 0.1) is 0 Å². The Morgan fingerprint density at radius 3 is 1.00 bits per heavy atom. The van der Waals surface area contributed by atoms with Crippen LogP contribution in [-0.4, -0.2) is 47.4 Å². The monoisotopic (exact) mass is 1000 g/mol. The first-order chi connectivity index (χ1) is 35.0.